The van der Waals surface area contributed by atoms with E-state index < -0.39 is 141 Å². The lowest BCUT2D eigenvalue weighted by Gasteiger charge is -2.26. The molecule has 1 aromatic carbocycles. The summed E-state index contributed by atoms with van der Waals surface area (Å²) in [5.74, 6) is -1.32. The van der Waals surface area contributed by atoms with Gasteiger partial charge in [-0.2, -0.15) is 8.62 Å². The average Bonchev–Trinajstić information content (AvgIpc) is 4.42. The first-order valence-electron chi connectivity index (χ1n) is 23.7. The summed E-state index contributed by atoms with van der Waals surface area (Å²) in [6.07, 6.45) is -13.2. The summed E-state index contributed by atoms with van der Waals surface area (Å²) in [5, 5.41) is 33.0. The van der Waals surface area contributed by atoms with Gasteiger partial charge in [0.1, 0.15) is 54.6 Å². The number of benzene rings is 1. The first kappa shape index (κ1) is 60.2. The standard InChI is InChI=1S/C40H52N12O25P4/c1-67-11-9-20-21(72-36(27(20)54)52-18-49(12-19-6-4-3-5-7-19)26-34(52)47-39(42)48-35(26)57)13-70-79(61,62)76-81(65,66)77-80(63,64)71-15-23-30(31(68-2)38(74-23)51-17-45-25-32(41)43-16-44-33(25)51)75-78(59,60)69-14-22-28(55)29(56)37(73-22)50-10-8-24(53)46-40(50)58/h3-8,10,16-18,20-23,27-31,36-38,54-56H,9,11-15H2,1-2H3,(H9-,41,42,43,44,46,47,48,53,57,58,59,60,61,62,63,64,65,66)/p+1/t20-,21-,22-,23?,27-,28-,29-,30-,31-,36-,37-,38-/m1/s1. The minimum Gasteiger partial charge on any atom is -0.387 e. The Morgan fingerprint density at radius 1 is 0.741 bits per heavy atom. The molecule has 0 saturated carbocycles. The van der Waals surface area contributed by atoms with Crippen LogP contribution in [0.3, 0.4) is 0 Å². The largest absolute Gasteiger partial charge is 0.490 e. The third-order valence-electron chi connectivity index (χ3n) is 12.9. The van der Waals surface area contributed by atoms with E-state index in [0.29, 0.717) is 0 Å². The van der Waals surface area contributed by atoms with Crippen LogP contribution >= 0.6 is 31.3 Å². The lowest BCUT2D eigenvalue weighted by molar-refractivity contribution is -0.746. The van der Waals surface area contributed by atoms with Gasteiger partial charge in [-0.15, -0.1) is 0 Å². The number of methoxy groups -OCH3 is 2. The zero-order chi connectivity index (χ0) is 58.3. The van der Waals surface area contributed by atoms with Crippen LogP contribution in [-0.2, 0) is 75.2 Å². The van der Waals surface area contributed by atoms with Gasteiger partial charge < -0.3 is 70.0 Å². The van der Waals surface area contributed by atoms with E-state index >= 15 is 0 Å². The Hall–Kier alpha value is -5.40. The fourth-order valence-electron chi connectivity index (χ4n) is 9.29. The number of aromatic nitrogens is 10. The molecule has 8 heterocycles. The average molecular weight is 1230 g/mol. The van der Waals surface area contributed by atoms with E-state index in [4.69, 9.17) is 53.2 Å². The molecule has 37 nitrogen and oxygen atoms in total. The van der Waals surface area contributed by atoms with Gasteiger partial charge in [0.2, 0.25) is 11.7 Å². The molecule has 81 heavy (non-hydrogen) atoms. The van der Waals surface area contributed by atoms with Gasteiger partial charge in [0.15, 0.2) is 30.2 Å². The molecular weight excluding hydrogens is 1170 g/mol. The van der Waals surface area contributed by atoms with E-state index in [9.17, 15) is 67.5 Å². The molecule has 6 aromatic rings. The number of H-pyrrole nitrogens is 2. The van der Waals surface area contributed by atoms with E-state index in [-0.39, 0.29) is 53.7 Å². The highest BCUT2D eigenvalue weighted by Gasteiger charge is 2.54. The maximum absolute atomic E-state index is 13.6. The molecule has 5 unspecified atom stereocenters. The Morgan fingerprint density at radius 2 is 1.41 bits per heavy atom. The van der Waals surface area contributed by atoms with Crippen molar-refractivity contribution in [3.8, 4) is 0 Å². The van der Waals surface area contributed by atoms with Crippen LogP contribution in [0.5, 0.6) is 0 Å². The summed E-state index contributed by atoms with van der Waals surface area (Å²) < 4.78 is 116. The van der Waals surface area contributed by atoms with Crippen molar-refractivity contribution in [2.75, 3.05) is 52.1 Å². The molecule has 13 N–H and O–H groups in total. The fraction of sp³-hybridized carbons (Fsp3) is 0.500. The Labute approximate surface area is 452 Å². The van der Waals surface area contributed by atoms with E-state index in [1.54, 1.807) is 18.2 Å². The molecule has 9 rings (SSSR count). The van der Waals surface area contributed by atoms with Crippen molar-refractivity contribution >= 4 is 65.4 Å². The molecule has 0 radical (unpaired) electrons. The van der Waals surface area contributed by atoms with Crippen LogP contribution in [0.1, 0.15) is 30.7 Å². The summed E-state index contributed by atoms with van der Waals surface area (Å²) in [5.41, 5.74) is 10.3. The maximum atomic E-state index is 13.6. The predicted molar refractivity (Wildman–Crippen MR) is 266 cm³/mol. The van der Waals surface area contributed by atoms with Crippen molar-refractivity contribution in [1.29, 1.82) is 0 Å². The highest BCUT2D eigenvalue weighted by molar-refractivity contribution is 7.66. The maximum Gasteiger partial charge on any atom is 0.490 e. The van der Waals surface area contributed by atoms with Crippen molar-refractivity contribution in [2.45, 2.75) is 80.5 Å². The molecule has 3 fully saturated rings. The molecule has 0 amide bonds. The number of hydrogen-bond donors (Lipinski definition) is 11. The van der Waals surface area contributed by atoms with E-state index in [0.717, 1.165) is 42.2 Å². The molecule has 0 bridgehead atoms. The summed E-state index contributed by atoms with van der Waals surface area (Å²) in [4.78, 5) is 101. The van der Waals surface area contributed by atoms with Gasteiger partial charge in [-0.1, -0.05) is 35.3 Å². The van der Waals surface area contributed by atoms with Gasteiger partial charge in [0, 0.05) is 39.0 Å². The Balaban J connectivity index is 0.873. The topological polar surface area (TPSA) is 516 Å². The van der Waals surface area contributed by atoms with Crippen molar-refractivity contribution in [2.24, 2.45) is 5.92 Å². The van der Waals surface area contributed by atoms with Crippen LogP contribution in [0, 0.1) is 5.92 Å². The van der Waals surface area contributed by atoms with E-state index in [1.807, 2.05) is 17.1 Å². The quantitative estimate of drug-likeness (QED) is 0.0229. The number of nitrogens with zero attached hydrogens (tertiary/aromatic N) is 8. The van der Waals surface area contributed by atoms with Crippen molar-refractivity contribution in [1.82, 2.24) is 43.6 Å². The third kappa shape index (κ3) is 13.4. The first-order valence-corrected chi connectivity index (χ1v) is 29.7. The van der Waals surface area contributed by atoms with Crippen LogP contribution in [0.4, 0.5) is 11.8 Å². The Morgan fingerprint density at radius 3 is 2.09 bits per heavy atom. The second-order valence-corrected chi connectivity index (χ2v) is 24.2. The first-order chi connectivity index (χ1) is 38.3. The monoisotopic (exact) mass is 1230 g/mol. The molecule has 0 spiro atoms. The van der Waals surface area contributed by atoms with Crippen LogP contribution in [0.2, 0.25) is 0 Å². The molecule has 3 aliphatic heterocycles. The van der Waals surface area contributed by atoms with Crippen LogP contribution in [0.15, 0.2) is 76.0 Å². The summed E-state index contributed by atoms with van der Waals surface area (Å²) in [6, 6.07) is 9.92. The van der Waals surface area contributed by atoms with Gasteiger partial charge >= 0.3 is 42.6 Å². The molecule has 41 heteroatoms. The number of anilines is 2. The lowest BCUT2D eigenvalue weighted by atomic mass is 9.95. The Bertz CT molecular complexity index is 3630. The number of fused-ring (bicyclic) bond motifs is 2. The number of phosphoric acid groups is 4. The SMILES string of the molecule is COCC[C@H]1[C@@H](O)[C@H]([n+]2cn(Cc3ccccc3)c3c(=O)[nH]c(N)nc32)O[C@@H]1COP(=O)(O)OP(=O)(O)OP(=O)(O)OCC1O[C@@H](n2cnc3c(N)ncnc32)[C@H](OC)[C@@H]1OP(=O)(O)OC[C@H]1O[C@@H](n2ccc(=O)[nH]c2=O)[C@H](O)[C@@H]1O. The van der Waals surface area contributed by atoms with Crippen LogP contribution in [0.25, 0.3) is 22.3 Å². The zero-order valence-corrected chi connectivity index (χ0v) is 45.5. The summed E-state index contributed by atoms with van der Waals surface area (Å²) in [6.45, 7) is -3.05. The summed E-state index contributed by atoms with van der Waals surface area (Å²) in [7, 11) is -21.0. The molecular formula is C40H53N12O25P4+. The van der Waals surface area contributed by atoms with Gasteiger partial charge in [-0.25, -0.2) is 42.6 Å². The third-order valence-corrected chi connectivity index (χ3v) is 18.1. The number of nitrogen functional groups attached to an aromatic ring is 2. The van der Waals surface area contributed by atoms with Gasteiger partial charge in [0.05, 0.1) is 38.8 Å². The fourth-order valence-corrected chi connectivity index (χ4v) is 13.8. The summed E-state index contributed by atoms with van der Waals surface area (Å²) >= 11 is 0. The molecule has 3 aliphatic rings. The van der Waals surface area contributed by atoms with Gasteiger partial charge in [-0.3, -0.25) is 51.4 Å². The van der Waals surface area contributed by atoms with Crippen LogP contribution < -0.4 is 32.8 Å². The number of nitrogens with two attached hydrogens (primary N) is 2. The Kier molecular flexibility index (Phi) is 17.9. The normalized spacial score (nSPS) is 29.0. The second-order valence-electron chi connectivity index (χ2n) is 18.2. The predicted octanol–water partition coefficient (Wildman–Crippen LogP) is -2.07. The number of nitrogens with one attached hydrogen (secondary N) is 2. The van der Waals surface area contributed by atoms with Crippen molar-refractivity contribution in [3.05, 3.63) is 98.3 Å². The number of aliphatic hydroxyl groups is 3. The number of hydrogen-bond acceptors (Lipinski definition) is 27. The molecule has 0 aliphatic carbocycles. The smallest absolute Gasteiger partial charge is 0.387 e. The molecule has 3 saturated heterocycles. The minimum atomic E-state index is -6.21. The number of rotatable bonds is 24. The van der Waals surface area contributed by atoms with Crippen molar-refractivity contribution in [3.63, 3.8) is 0 Å². The molecule has 5 aromatic heterocycles. The van der Waals surface area contributed by atoms with Gasteiger partial charge in [0.25, 0.3) is 17.1 Å². The number of aromatic amines is 2. The van der Waals surface area contributed by atoms with Crippen molar-refractivity contribution < 1.29 is 108 Å². The van der Waals surface area contributed by atoms with Crippen LogP contribution in [-0.4, -0.2) is 168 Å². The molecule has 16 atom stereocenters. The number of phosphoric ester groups is 3. The second kappa shape index (κ2) is 24.1. The van der Waals surface area contributed by atoms with Gasteiger partial charge in [-0.05, 0) is 12.0 Å². The minimum absolute atomic E-state index is 0.00833. The molecule has 442 valence electrons. The lowest BCUT2D eigenvalue weighted by Crippen LogP contribution is -2.45. The zero-order valence-electron chi connectivity index (χ0n) is 41.9. The van der Waals surface area contributed by atoms with E-state index in [2.05, 4.69) is 33.5 Å². The number of aliphatic hydroxyl groups excluding tert-OH is 3. The highest BCUT2D eigenvalue weighted by atomic mass is 31.3. The number of ether oxygens (including phenoxy) is 5. The highest BCUT2D eigenvalue weighted by Crippen LogP contribution is 2.68. The number of imidazole rings is 2. The van der Waals surface area contributed by atoms with E-state index in [1.165, 1.54) is 27.1 Å².